The van der Waals surface area contributed by atoms with Gasteiger partial charge in [-0.25, -0.2) is 4.79 Å². The van der Waals surface area contributed by atoms with Gasteiger partial charge in [0.05, 0.1) is 12.5 Å². The topological polar surface area (TPSA) is 72.9 Å². The molecule has 6 nitrogen and oxygen atoms in total. The fourth-order valence-electron chi connectivity index (χ4n) is 4.06. The molecule has 0 unspecified atom stereocenters. The number of likely N-dealkylation sites (N-methyl/N-ethyl adjacent to an activating group) is 1. The Morgan fingerprint density at radius 1 is 1.19 bits per heavy atom. The van der Waals surface area contributed by atoms with Crippen LogP contribution < -0.4 is 5.32 Å². The number of hydrogen-bond acceptors (Lipinski definition) is 3. The lowest BCUT2D eigenvalue weighted by Crippen LogP contribution is -2.58. The van der Waals surface area contributed by atoms with E-state index in [9.17, 15) is 22.8 Å². The van der Waals surface area contributed by atoms with E-state index in [1.165, 1.54) is 11.9 Å². The van der Waals surface area contributed by atoms with E-state index < -0.39 is 30.1 Å². The third kappa shape index (κ3) is 5.02. The van der Waals surface area contributed by atoms with Gasteiger partial charge in [-0.3, -0.25) is 9.69 Å². The zero-order valence-corrected chi connectivity index (χ0v) is 15.3. The number of nitrogens with one attached hydrogen (secondary N) is 1. The van der Waals surface area contributed by atoms with Crippen LogP contribution in [0.2, 0.25) is 0 Å². The van der Waals surface area contributed by atoms with E-state index in [1.807, 2.05) is 11.8 Å². The summed E-state index contributed by atoms with van der Waals surface area (Å²) < 4.78 is 39.7. The molecule has 0 aromatic carbocycles. The van der Waals surface area contributed by atoms with Crippen molar-refractivity contribution in [2.75, 3.05) is 20.1 Å². The Morgan fingerprint density at radius 2 is 1.81 bits per heavy atom. The van der Waals surface area contributed by atoms with Gasteiger partial charge in [0.1, 0.15) is 0 Å². The van der Waals surface area contributed by atoms with Crippen LogP contribution in [0, 0.1) is 5.92 Å². The largest absolute Gasteiger partial charge is 0.480 e. The molecule has 0 saturated heterocycles. The summed E-state index contributed by atoms with van der Waals surface area (Å²) in [4.78, 5) is 26.3. The molecular formula is C17H28F3N3O3. The zero-order valence-electron chi connectivity index (χ0n) is 15.3. The average molecular weight is 379 g/mol. The Morgan fingerprint density at radius 3 is 2.35 bits per heavy atom. The smallest absolute Gasteiger partial charge is 0.393 e. The number of halogens is 3. The molecule has 2 rings (SSSR count). The summed E-state index contributed by atoms with van der Waals surface area (Å²) in [7, 11) is 1.43. The van der Waals surface area contributed by atoms with Gasteiger partial charge in [-0.15, -0.1) is 0 Å². The molecule has 9 heteroatoms. The SMILES string of the molecule is CCN(CC(=O)O)C1CC(NC(=O)N(C)[C@H]2CCCC[C@H]2C(F)(F)F)C1. The van der Waals surface area contributed by atoms with Gasteiger partial charge in [-0.05, 0) is 32.2 Å². The third-order valence-electron chi connectivity index (χ3n) is 5.67. The first-order valence-corrected chi connectivity index (χ1v) is 9.19. The first kappa shape index (κ1) is 20.8. The summed E-state index contributed by atoms with van der Waals surface area (Å²) >= 11 is 0. The molecule has 2 aliphatic carbocycles. The van der Waals surface area contributed by atoms with Crippen LogP contribution in [0.3, 0.4) is 0 Å². The Balaban J connectivity index is 1.85. The Labute approximate surface area is 151 Å². The van der Waals surface area contributed by atoms with Gasteiger partial charge in [0.15, 0.2) is 0 Å². The number of carboxylic acids is 1. The zero-order chi connectivity index (χ0) is 19.5. The number of urea groups is 1. The molecule has 2 aliphatic rings. The molecule has 2 N–H and O–H groups in total. The van der Waals surface area contributed by atoms with E-state index in [2.05, 4.69) is 5.32 Å². The highest BCUT2D eigenvalue weighted by Gasteiger charge is 2.48. The van der Waals surface area contributed by atoms with Crippen LogP contribution in [-0.4, -0.2) is 71.3 Å². The summed E-state index contributed by atoms with van der Waals surface area (Å²) in [5.41, 5.74) is 0. The van der Waals surface area contributed by atoms with Crippen molar-refractivity contribution in [1.82, 2.24) is 15.1 Å². The number of rotatable bonds is 6. The first-order valence-electron chi connectivity index (χ1n) is 9.19. The number of amides is 2. The minimum atomic E-state index is -4.29. The lowest BCUT2D eigenvalue weighted by Gasteiger charge is -2.44. The monoisotopic (exact) mass is 379 g/mol. The normalized spacial score (nSPS) is 29.2. The predicted molar refractivity (Wildman–Crippen MR) is 89.8 cm³/mol. The summed E-state index contributed by atoms with van der Waals surface area (Å²) in [6.07, 6.45) is -1.39. The van der Waals surface area contributed by atoms with Gasteiger partial charge in [0.25, 0.3) is 0 Å². The van der Waals surface area contributed by atoms with Gasteiger partial charge in [0.2, 0.25) is 0 Å². The second-order valence-corrected chi connectivity index (χ2v) is 7.34. The van der Waals surface area contributed by atoms with Crippen molar-refractivity contribution in [3.05, 3.63) is 0 Å². The van der Waals surface area contributed by atoms with Crippen molar-refractivity contribution in [3.8, 4) is 0 Å². The van der Waals surface area contributed by atoms with E-state index in [-0.39, 0.29) is 25.0 Å². The van der Waals surface area contributed by atoms with Gasteiger partial charge in [-0.2, -0.15) is 13.2 Å². The summed E-state index contributed by atoms with van der Waals surface area (Å²) in [6.45, 7) is 2.44. The molecule has 0 radical (unpaired) electrons. The molecule has 26 heavy (non-hydrogen) atoms. The Bertz CT molecular complexity index is 509. The number of carbonyl (C=O) groups is 2. The first-order chi connectivity index (χ1) is 12.1. The second-order valence-electron chi connectivity index (χ2n) is 7.34. The van der Waals surface area contributed by atoms with Gasteiger partial charge in [0, 0.05) is 25.2 Å². The summed E-state index contributed by atoms with van der Waals surface area (Å²) in [5, 5.41) is 11.7. The van der Waals surface area contributed by atoms with Crippen molar-refractivity contribution in [2.45, 2.75) is 69.8 Å². The van der Waals surface area contributed by atoms with Crippen molar-refractivity contribution in [1.29, 1.82) is 0 Å². The highest BCUT2D eigenvalue weighted by Crippen LogP contribution is 2.39. The Kier molecular flexibility index (Phi) is 6.76. The van der Waals surface area contributed by atoms with Crippen LogP contribution in [0.4, 0.5) is 18.0 Å². The number of carbonyl (C=O) groups excluding carboxylic acids is 1. The molecule has 0 spiro atoms. The number of aliphatic carboxylic acids is 1. The van der Waals surface area contributed by atoms with E-state index in [4.69, 9.17) is 5.11 Å². The Hall–Kier alpha value is -1.51. The highest BCUT2D eigenvalue weighted by molar-refractivity contribution is 5.74. The molecule has 2 amide bonds. The van der Waals surface area contributed by atoms with Crippen LogP contribution in [-0.2, 0) is 4.79 Å². The minimum Gasteiger partial charge on any atom is -0.480 e. The fraction of sp³-hybridized carbons (Fsp3) is 0.882. The van der Waals surface area contributed by atoms with E-state index in [1.54, 1.807) is 0 Å². The lowest BCUT2D eigenvalue weighted by molar-refractivity contribution is -0.195. The molecule has 0 aliphatic heterocycles. The van der Waals surface area contributed by atoms with Gasteiger partial charge >= 0.3 is 18.2 Å². The summed E-state index contributed by atoms with van der Waals surface area (Å²) in [6, 6.07) is -1.33. The number of hydrogen-bond donors (Lipinski definition) is 2. The summed E-state index contributed by atoms with van der Waals surface area (Å²) in [5.74, 6) is -2.36. The van der Waals surface area contributed by atoms with Gasteiger partial charge in [-0.1, -0.05) is 19.8 Å². The maximum Gasteiger partial charge on any atom is 0.393 e. The second kappa shape index (κ2) is 8.45. The van der Waals surface area contributed by atoms with Crippen molar-refractivity contribution >= 4 is 12.0 Å². The standard InChI is InChI=1S/C17H28F3N3O3/c1-3-23(10-15(24)25)12-8-11(9-12)21-16(26)22(2)14-7-5-4-6-13(14)17(18,19)20/h11-14H,3-10H2,1-2H3,(H,21,26)(H,24,25)/t11?,12?,13-,14+/m1/s1. The van der Waals surface area contributed by atoms with Crippen molar-refractivity contribution < 1.29 is 27.9 Å². The molecule has 0 bridgehead atoms. The van der Waals surface area contributed by atoms with Gasteiger partial charge < -0.3 is 15.3 Å². The molecular weight excluding hydrogens is 351 g/mol. The maximum absolute atomic E-state index is 13.2. The molecule has 0 aromatic rings. The van der Waals surface area contributed by atoms with E-state index >= 15 is 0 Å². The van der Waals surface area contributed by atoms with Crippen LogP contribution in [0.1, 0.15) is 45.4 Å². The third-order valence-corrected chi connectivity index (χ3v) is 5.67. The predicted octanol–water partition coefficient (Wildman–Crippen LogP) is 2.69. The van der Waals surface area contributed by atoms with Crippen LogP contribution >= 0.6 is 0 Å². The lowest BCUT2D eigenvalue weighted by atomic mass is 9.83. The van der Waals surface area contributed by atoms with Crippen LogP contribution in [0.15, 0.2) is 0 Å². The van der Waals surface area contributed by atoms with E-state index in [0.717, 1.165) is 0 Å². The fourth-order valence-corrected chi connectivity index (χ4v) is 4.06. The molecule has 2 atom stereocenters. The molecule has 2 saturated carbocycles. The molecule has 0 heterocycles. The van der Waals surface area contributed by atoms with Crippen LogP contribution in [0.25, 0.3) is 0 Å². The molecule has 150 valence electrons. The van der Waals surface area contributed by atoms with E-state index in [0.29, 0.717) is 38.6 Å². The number of carboxylic acid groups (broad SMARTS) is 1. The van der Waals surface area contributed by atoms with Crippen molar-refractivity contribution in [3.63, 3.8) is 0 Å². The molecule has 0 aromatic heterocycles. The average Bonchev–Trinajstić information content (AvgIpc) is 2.54. The number of alkyl halides is 3. The maximum atomic E-state index is 13.2. The molecule has 2 fully saturated rings. The quantitative estimate of drug-likeness (QED) is 0.744. The minimum absolute atomic E-state index is 0.0446. The van der Waals surface area contributed by atoms with Crippen molar-refractivity contribution in [2.24, 2.45) is 5.92 Å². The highest BCUT2D eigenvalue weighted by atomic mass is 19.4. The van der Waals surface area contributed by atoms with Crippen LogP contribution in [0.5, 0.6) is 0 Å². The number of nitrogens with zero attached hydrogens (tertiary/aromatic N) is 2.